The van der Waals surface area contributed by atoms with Gasteiger partial charge in [0.2, 0.25) is 5.91 Å². The number of hydrogen-bond acceptors (Lipinski definition) is 3. The van der Waals surface area contributed by atoms with Gasteiger partial charge in [-0.2, -0.15) is 13.2 Å². The molecule has 1 N–H and O–H groups in total. The number of alkyl halides is 3. The van der Waals surface area contributed by atoms with E-state index in [4.69, 9.17) is 0 Å². The van der Waals surface area contributed by atoms with Gasteiger partial charge in [-0.3, -0.25) is 4.79 Å². The number of rotatable bonds is 6. The van der Waals surface area contributed by atoms with Gasteiger partial charge in [-0.25, -0.2) is 0 Å². The van der Waals surface area contributed by atoms with Crippen molar-refractivity contribution in [3.63, 3.8) is 0 Å². The highest BCUT2D eigenvalue weighted by molar-refractivity contribution is 8.00. The molecule has 0 aromatic carbocycles. The number of carbonyl (C=O) groups is 1. The minimum absolute atomic E-state index is 0.0860. The molecular weight excluding hydrogens is 241 g/mol. The summed E-state index contributed by atoms with van der Waals surface area (Å²) >= 11 is -0.0860. The molecule has 0 saturated carbocycles. The lowest BCUT2D eigenvalue weighted by atomic mass is 10.3. The summed E-state index contributed by atoms with van der Waals surface area (Å²) in [7, 11) is 1.66. The van der Waals surface area contributed by atoms with Crippen molar-refractivity contribution in [2.75, 3.05) is 25.9 Å². The highest BCUT2D eigenvalue weighted by Gasteiger charge is 2.27. The van der Waals surface area contributed by atoms with Gasteiger partial charge in [0.05, 0.1) is 6.04 Å². The van der Waals surface area contributed by atoms with Crippen LogP contribution in [0.15, 0.2) is 0 Å². The fourth-order valence-corrected chi connectivity index (χ4v) is 1.47. The Morgan fingerprint density at radius 1 is 1.50 bits per heavy atom. The van der Waals surface area contributed by atoms with Crippen LogP contribution in [0.1, 0.15) is 13.8 Å². The van der Waals surface area contributed by atoms with Crippen LogP contribution in [0, 0.1) is 0 Å². The second kappa shape index (κ2) is 7.01. The molecule has 96 valence electrons. The van der Waals surface area contributed by atoms with E-state index in [0.29, 0.717) is 6.54 Å². The first-order chi connectivity index (χ1) is 7.28. The average Bonchev–Trinajstić information content (AvgIpc) is 2.20. The number of carbonyl (C=O) groups excluding carboxylic acids is 1. The van der Waals surface area contributed by atoms with E-state index in [-0.39, 0.29) is 30.0 Å². The number of amides is 1. The maximum atomic E-state index is 11.8. The lowest BCUT2D eigenvalue weighted by Gasteiger charge is -2.20. The maximum absolute atomic E-state index is 11.8. The number of thioether (sulfide) groups is 1. The van der Waals surface area contributed by atoms with E-state index in [2.05, 4.69) is 5.32 Å². The molecule has 1 atom stereocenters. The minimum Gasteiger partial charge on any atom is -0.345 e. The van der Waals surface area contributed by atoms with E-state index in [1.54, 1.807) is 14.0 Å². The molecule has 0 aromatic heterocycles. The van der Waals surface area contributed by atoms with E-state index in [9.17, 15) is 18.0 Å². The molecule has 0 spiro atoms. The Kier molecular flexibility index (Phi) is 6.82. The van der Waals surface area contributed by atoms with E-state index < -0.39 is 11.6 Å². The Hall–Kier alpha value is -0.430. The molecule has 0 saturated heterocycles. The SMILES string of the molecule is CCN(C)C(=O)C(C)NCCSC(F)(F)F. The monoisotopic (exact) mass is 258 g/mol. The zero-order chi connectivity index (χ0) is 12.8. The average molecular weight is 258 g/mol. The van der Waals surface area contributed by atoms with Crippen molar-refractivity contribution in [2.24, 2.45) is 0 Å². The Morgan fingerprint density at radius 2 is 2.06 bits per heavy atom. The van der Waals surface area contributed by atoms with Gasteiger partial charge in [-0.1, -0.05) is 0 Å². The Bertz CT molecular complexity index is 223. The smallest absolute Gasteiger partial charge is 0.345 e. The lowest BCUT2D eigenvalue weighted by Crippen LogP contribution is -2.43. The van der Waals surface area contributed by atoms with E-state index in [1.165, 1.54) is 4.90 Å². The van der Waals surface area contributed by atoms with Crippen LogP contribution in [0.3, 0.4) is 0 Å². The number of halogens is 3. The molecule has 0 bridgehead atoms. The molecule has 0 radical (unpaired) electrons. The molecule has 1 unspecified atom stereocenters. The van der Waals surface area contributed by atoms with Gasteiger partial charge in [0.15, 0.2) is 0 Å². The number of hydrogen-bond donors (Lipinski definition) is 1. The van der Waals surface area contributed by atoms with Crippen molar-refractivity contribution in [3.05, 3.63) is 0 Å². The first-order valence-electron chi connectivity index (χ1n) is 4.97. The van der Waals surface area contributed by atoms with E-state index in [1.807, 2.05) is 6.92 Å². The fourth-order valence-electron chi connectivity index (χ4n) is 1.02. The standard InChI is InChI=1S/C9H17F3N2OS/c1-4-14(3)8(15)7(2)13-5-6-16-9(10,11)12/h7,13H,4-6H2,1-3H3. The van der Waals surface area contributed by atoms with Crippen molar-refractivity contribution >= 4 is 17.7 Å². The first kappa shape index (κ1) is 15.6. The number of likely N-dealkylation sites (N-methyl/N-ethyl adjacent to an activating group) is 1. The predicted molar refractivity (Wildman–Crippen MR) is 59.3 cm³/mol. The van der Waals surface area contributed by atoms with Crippen molar-refractivity contribution in [2.45, 2.75) is 25.4 Å². The topological polar surface area (TPSA) is 32.3 Å². The van der Waals surface area contributed by atoms with Gasteiger partial charge in [0, 0.05) is 25.9 Å². The summed E-state index contributed by atoms with van der Waals surface area (Å²) in [5.41, 5.74) is -4.20. The lowest BCUT2D eigenvalue weighted by molar-refractivity contribution is -0.131. The van der Waals surface area contributed by atoms with Gasteiger partial charge in [0.1, 0.15) is 0 Å². The van der Waals surface area contributed by atoms with Crippen molar-refractivity contribution in [3.8, 4) is 0 Å². The molecule has 0 aromatic rings. The summed E-state index contributed by atoms with van der Waals surface area (Å²) in [5.74, 6) is -0.198. The molecule has 0 aliphatic carbocycles. The molecule has 0 rings (SSSR count). The van der Waals surface area contributed by atoms with Crippen molar-refractivity contribution in [1.82, 2.24) is 10.2 Å². The van der Waals surface area contributed by atoms with Crippen LogP contribution in [0.25, 0.3) is 0 Å². The Labute approximate surface area is 97.7 Å². The van der Waals surface area contributed by atoms with Gasteiger partial charge < -0.3 is 10.2 Å². The predicted octanol–water partition coefficient (Wildman–Crippen LogP) is 1.70. The maximum Gasteiger partial charge on any atom is 0.441 e. The Morgan fingerprint density at radius 3 is 2.50 bits per heavy atom. The molecule has 3 nitrogen and oxygen atoms in total. The quantitative estimate of drug-likeness (QED) is 0.736. The van der Waals surface area contributed by atoms with Crippen LogP contribution < -0.4 is 5.32 Å². The van der Waals surface area contributed by atoms with Gasteiger partial charge >= 0.3 is 5.51 Å². The van der Waals surface area contributed by atoms with Crippen LogP contribution in [0.5, 0.6) is 0 Å². The summed E-state index contributed by atoms with van der Waals surface area (Å²) in [6.45, 7) is 4.23. The summed E-state index contributed by atoms with van der Waals surface area (Å²) in [4.78, 5) is 13.0. The molecule has 0 fully saturated rings. The normalized spacial score (nSPS) is 13.6. The van der Waals surface area contributed by atoms with Crippen LogP contribution >= 0.6 is 11.8 Å². The summed E-state index contributed by atoms with van der Waals surface area (Å²) in [6.07, 6.45) is 0. The second-order valence-corrected chi connectivity index (χ2v) is 4.48. The van der Waals surface area contributed by atoms with E-state index in [0.717, 1.165) is 0 Å². The molecule has 7 heteroatoms. The number of nitrogens with one attached hydrogen (secondary N) is 1. The first-order valence-corrected chi connectivity index (χ1v) is 5.95. The third-order valence-corrected chi connectivity index (χ3v) is 2.77. The molecule has 16 heavy (non-hydrogen) atoms. The highest BCUT2D eigenvalue weighted by atomic mass is 32.2. The zero-order valence-corrected chi connectivity index (χ0v) is 10.4. The van der Waals surface area contributed by atoms with Gasteiger partial charge in [-0.05, 0) is 25.6 Å². The largest absolute Gasteiger partial charge is 0.441 e. The summed E-state index contributed by atoms with van der Waals surface area (Å²) in [5, 5.41) is 2.76. The molecular formula is C9H17F3N2OS. The van der Waals surface area contributed by atoms with Gasteiger partial charge in [-0.15, -0.1) is 0 Å². The molecule has 0 aliphatic rings. The van der Waals surface area contributed by atoms with Crippen LogP contribution in [-0.2, 0) is 4.79 Å². The fraction of sp³-hybridized carbons (Fsp3) is 0.889. The number of nitrogens with zero attached hydrogens (tertiary/aromatic N) is 1. The molecule has 0 heterocycles. The Balaban J connectivity index is 3.73. The molecule has 0 aliphatic heterocycles. The van der Waals surface area contributed by atoms with Crippen LogP contribution in [0.2, 0.25) is 0 Å². The van der Waals surface area contributed by atoms with Crippen LogP contribution in [0.4, 0.5) is 13.2 Å². The highest BCUT2D eigenvalue weighted by Crippen LogP contribution is 2.29. The van der Waals surface area contributed by atoms with Crippen LogP contribution in [-0.4, -0.2) is 48.2 Å². The zero-order valence-electron chi connectivity index (χ0n) is 9.60. The van der Waals surface area contributed by atoms with Crippen molar-refractivity contribution < 1.29 is 18.0 Å². The second-order valence-electron chi connectivity index (χ2n) is 3.32. The van der Waals surface area contributed by atoms with Gasteiger partial charge in [0.25, 0.3) is 0 Å². The van der Waals surface area contributed by atoms with Crippen molar-refractivity contribution in [1.29, 1.82) is 0 Å². The summed E-state index contributed by atoms with van der Waals surface area (Å²) in [6, 6.07) is -0.446. The third-order valence-electron chi connectivity index (χ3n) is 2.04. The van der Waals surface area contributed by atoms with E-state index >= 15 is 0 Å². The minimum atomic E-state index is -4.20. The summed E-state index contributed by atoms with van der Waals surface area (Å²) < 4.78 is 35.3. The third kappa shape index (κ3) is 6.95. The molecule has 1 amide bonds.